The Kier molecular flexibility index (Phi) is 9.98. The lowest BCUT2D eigenvalue weighted by Gasteiger charge is -2.25. The molecule has 1 heterocycles. The molecule has 3 aromatic rings. The maximum Gasteiger partial charge on any atom is 0.407 e. The molecule has 0 aliphatic carbocycles. The van der Waals surface area contributed by atoms with E-state index < -0.39 is 41.4 Å². The fourth-order valence-electron chi connectivity index (χ4n) is 3.98. The molecule has 0 radical (unpaired) electrons. The van der Waals surface area contributed by atoms with Crippen molar-refractivity contribution < 1.29 is 33.4 Å². The van der Waals surface area contributed by atoms with Crippen LogP contribution < -0.4 is 16.0 Å². The van der Waals surface area contributed by atoms with Crippen LogP contribution in [0.1, 0.15) is 58.5 Å². The van der Waals surface area contributed by atoms with Gasteiger partial charge in [0.05, 0.1) is 12.1 Å². The zero-order valence-corrected chi connectivity index (χ0v) is 24.3. The van der Waals surface area contributed by atoms with Crippen molar-refractivity contribution in [1.82, 2.24) is 20.9 Å². The number of ether oxygens (including phenoxy) is 2. The smallest absolute Gasteiger partial charge is 0.407 e. The van der Waals surface area contributed by atoms with E-state index in [1.165, 1.54) is 12.1 Å². The zero-order chi connectivity index (χ0) is 30.4. The topological polar surface area (TPSA) is 142 Å². The summed E-state index contributed by atoms with van der Waals surface area (Å²) in [5.74, 6) is -0.734. The van der Waals surface area contributed by atoms with Crippen LogP contribution in [0.2, 0.25) is 0 Å². The Morgan fingerprint density at radius 2 is 1.46 bits per heavy atom. The van der Waals surface area contributed by atoms with Crippen LogP contribution in [-0.4, -0.2) is 64.6 Å². The molecule has 41 heavy (non-hydrogen) atoms. The van der Waals surface area contributed by atoms with Crippen LogP contribution in [0.5, 0.6) is 0 Å². The van der Waals surface area contributed by atoms with Crippen LogP contribution in [0.4, 0.5) is 14.0 Å². The second-order valence-electron chi connectivity index (χ2n) is 11.8. The number of carbonyl (C=O) groups is 3. The number of aliphatic hydroxyl groups excluding tert-OH is 1. The standard InChI is InChI=1S/C30H39FN4O6/c1-29(2,3)40-27(38)33-17-23(36)15-22(34-28(39)41-30(4,5)6)16-32-26(37)25-14-20-8-7-19(13-24(20)35-25)18-9-11-21(31)12-10-18/h7-14,22-23,35-36H,15-17H2,1-6H3,(H,32,37)(H,33,38)(H,34,39)/t22-,23?/m0/s1. The van der Waals surface area contributed by atoms with Gasteiger partial charge in [0, 0.05) is 24.0 Å². The molecule has 3 amide bonds. The third-order valence-electron chi connectivity index (χ3n) is 5.71. The van der Waals surface area contributed by atoms with Crippen molar-refractivity contribution in [1.29, 1.82) is 0 Å². The highest BCUT2D eigenvalue weighted by Gasteiger charge is 2.24. The fraction of sp³-hybridized carbons (Fsp3) is 0.433. The summed E-state index contributed by atoms with van der Waals surface area (Å²) in [6, 6.07) is 12.8. The predicted molar refractivity (Wildman–Crippen MR) is 154 cm³/mol. The number of aromatic nitrogens is 1. The Morgan fingerprint density at radius 1 is 0.854 bits per heavy atom. The first-order valence-corrected chi connectivity index (χ1v) is 13.4. The number of amides is 3. The summed E-state index contributed by atoms with van der Waals surface area (Å²) in [4.78, 5) is 40.5. The summed E-state index contributed by atoms with van der Waals surface area (Å²) in [6.07, 6.45) is -2.41. The van der Waals surface area contributed by atoms with E-state index in [-0.39, 0.29) is 25.3 Å². The first-order valence-electron chi connectivity index (χ1n) is 13.4. The third kappa shape index (κ3) is 10.4. The Balaban J connectivity index is 1.65. The molecule has 5 N–H and O–H groups in total. The van der Waals surface area contributed by atoms with Gasteiger partial charge >= 0.3 is 12.2 Å². The van der Waals surface area contributed by atoms with Gasteiger partial charge in [-0.1, -0.05) is 24.3 Å². The number of H-pyrrole nitrogens is 1. The van der Waals surface area contributed by atoms with Crippen molar-refractivity contribution in [2.24, 2.45) is 0 Å². The number of hydrogen-bond donors (Lipinski definition) is 5. The molecular formula is C30H39FN4O6. The van der Waals surface area contributed by atoms with Crippen molar-refractivity contribution >= 4 is 29.0 Å². The van der Waals surface area contributed by atoms with Crippen molar-refractivity contribution in [3.63, 3.8) is 0 Å². The van der Waals surface area contributed by atoms with Gasteiger partial charge in [-0.05, 0) is 83.4 Å². The fourth-order valence-corrected chi connectivity index (χ4v) is 3.98. The number of alkyl carbamates (subject to hydrolysis) is 2. The molecule has 0 spiro atoms. The molecule has 0 aliphatic rings. The Hall–Kier alpha value is -4.12. The molecule has 11 heteroatoms. The van der Waals surface area contributed by atoms with E-state index in [2.05, 4.69) is 20.9 Å². The first kappa shape index (κ1) is 31.4. The molecule has 0 bridgehead atoms. The Morgan fingerprint density at radius 3 is 2.10 bits per heavy atom. The monoisotopic (exact) mass is 570 g/mol. The van der Waals surface area contributed by atoms with Crippen molar-refractivity contribution in [2.75, 3.05) is 13.1 Å². The second-order valence-corrected chi connectivity index (χ2v) is 11.8. The van der Waals surface area contributed by atoms with Gasteiger partial charge in [0.25, 0.3) is 5.91 Å². The highest BCUT2D eigenvalue weighted by Crippen LogP contribution is 2.25. The number of aromatic amines is 1. The lowest BCUT2D eigenvalue weighted by atomic mass is 10.0. The van der Waals surface area contributed by atoms with Gasteiger partial charge in [-0.3, -0.25) is 4.79 Å². The molecule has 10 nitrogen and oxygen atoms in total. The summed E-state index contributed by atoms with van der Waals surface area (Å²) in [6.45, 7) is 10.2. The summed E-state index contributed by atoms with van der Waals surface area (Å²) in [5.41, 5.74) is 1.30. The maximum atomic E-state index is 13.3. The van der Waals surface area contributed by atoms with E-state index in [9.17, 15) is 23.9 Å². The van der Waals surface area contributed by atoms with Gasteiger partial charge < -0.3 is 35.5 Å². The second kappa shape index (κ2) is 13.0. The average Bonchev–Trinajstić information content (AvgIpc) is 3.28. The number of halogens is 1. The lowest BCUT2D eigenvalue weighted by Crippen LogP contribution is -2.48. The SMILES string of the molecule is CC(C)(C)OC(=O)NCC(O)C[C@@H](CNC(=O)c1cc2ccc(-c3ccc(F)cc3)cc2[nH]1)NC(=O)OC(C)(C)C. The minimum absolute atomic E-state index is 0.0161. The van der Waals surface area contributed by atoms with Crippen LogP contribution in [0.15, 0.2) is 48.5 Å². The predicted octanol–water partition coefficient (Wildman–Crippen LogP) is 4.87. The molecule has 1 aromatic heterocycles. The summed E-state index contributed by atoms with van der Waals surface area (Å²) in [5, 5.41) is 19.3. The summed E-state index contributed by atoms with van der Waals surface area (Å²) >= 11 is 0. The molecule has 3 rings (SSSR count). The Labute approximate surface area is 239 Å². The largest absolute Gasteiger partial charge is 0.444 e. The molecule has 2 atom stereocenters. The van der Waals surface area contributed by atoms with Gasteiger partial charge in [0.1, 0.15) is 22.7 Å². The number of aliphatic hydroxyl groups is 1. The third-order valence-corrected chi connectivity index (χ3v) is 5.71. The average molecular weight is 571 g/mol. The van der Waals surface area contributed by atoms with Gasteiger partial charge in [-0.15, -0.1) is 0 Å². The number of benzene rings is 2. The van der Waals surface area contributed by atoms with Crippen molar-refractivity contribution in [2.45, 2.75) is 71.3 Å². The molecule has 0 fully saturated rings. The van der Waals surface area contributed by atoms with Gasteiger partial charge in [-0.2, -0.15) is 0 Å². The lowest BCUT2D eigenvalue weighted by molar-refractivity contribution is 0.0438. The highest BCUT2D eigenvalue weighted by molar-refractivity contribution is 5.98. The summed E-state index contributed by atoms with van der Waals surface area (Å²) < 4.78 is 23.8. The molecule has 0 saturated heterocycles. The van der Waals surface area contributed by atoms with E-state index in [1.807, 2.05) is 18.2 Å². The first-order chi connectivity index (χ1) is 19.1. The van der Waals surface area contributed by atoms with Crippen LogP contribution in [0.25, 0.3) is 22.0 Å². The van der Waals surface area contributed by atoms with E-state index in [4.69, 9.17) is 9.47 Å². The zero-order valence-electron chi connectivity index (χ0n) is 24.3. The van der Waals surface area contributed by atoms with E-state index in [1.54, 1.807) is 59.7 Å². The molecule has 222 valence electrons. The van der Waals surface area contributed by atoms with Crippen molar-refractivity contribution in [3.8, 4) is 11.1 Å². The highest BCUT2D eigenvalue weighted by atomic mass is 19.1. The molecule has 0 aliphatic heterocycles. The molecular weight excluding hydrogens is 531 g/mol. The number of fused-ring (bicyclic) bond motifs is 1. The van der Waals surface area contributed by atoms with E-state index in [0.717, 1.165) is 22.0 Å². The van der Waals surface area contributed by atoms with Crippen LogP contribution in [-0.2, 0) is 9.47 Å². The number of nitrogens with one attached hydrogen (secondary N) is 4. The normalized spacial score (nSPS) is 13.3. The quantitative estimate of drug-likeness (QED) is 0.248. The van der Waals surface area contributed by atoms with Crippen LogP contribution >= 0.6 is 0 Å². The van der Waals surface area contributed by atoms with Crippen LogP contribution in [0, 0.1) is 5.82 Å². The minimum atomic E-state index is -1.04. The number of rotatable bonds is 9. The molecule has 0 saturated carbocycles. The molecule has 1 unspecified atom stereocenters. The van der Waals surface area contributed by atoms with Crippen molar-refractivity contribution in [3.05, 3.63) is 60.0 Å². The van der Waals surface area contributed by atoms with Gasteiger partial charge in [0.15, 0.2) is 0 Å². The molecule has 2 aromatic carbocycles. The Bertz CT molecular complexity index is 1360. The maximum absolute atomic E-state index is 13.3. The number of carbonyl (C=O) groups excluding carboxylic acids is 3. The van der Waals surface area contributed by atoms with E-state index in [0.29, 0.717) is 5.69 Å². The van der Waals surface area contributed by atoms with Gasteiger partial charge in [-0.25, -0.2) is 14.0 Å². The number of hydrogen-bond acceptors (Lipinski definition) is 6. The van der Waals surface area contributed by atoms with E-state index >= 15 is 0 Å². The summed E-state index contributed by atoms with van der Waals surface area (Å²) in [7, 11) is 0. The minimum Gasteiger partial charge on any atom is -0.444 e. The van der Waals surface area contributed by atoms with Gasteiger partial charge in [0.2, 0.25) is 0 Å². The van der Waals surface area contributed by atoms with Crippen LogP contribution in [0.3, 0.4) is 0 Å².